The summed E-state index contributed by atoms with van der Waals surface area (Å²) in [7, 11) is 0. The molecule has 0 amide bonds. The lowest BCUT2D eigenvalue weighted by Crippen LogP contribution is -2.28. The number of hydrogen-bond acceptors (Lipinski definition) is 2. The molecule has 0 aromatic heterocycles. The maximum atomic E-state index is 12.6. The van der Waals surface area contributed by atoms with Gasteiger partial charge in [0.25, 0.3) is 0 Å². The van der Waals surface area contributed by atoms with E-state index in [1.54, 1.807) is 24.3 Å². The lowest BCUT2D eigenvalue weighted by molar-refractivity contribution is -0.149. The van der Waals surface area contributed by atoms with E-state index in [2.05, 4.69) is 0 Å². The fourth-order valence-corrected chi connectivity index (χ4v) is 1.99. The van der Waals surface area contributed by atoms with Crippen LogP contribution in [0, 0.1) is 0 Å². The Hall–Kier alpha value is -1.72. The molecule has 2 nitrogen and oxygen atoms in total. The van der Waals surface area contributed by atoms with Gasteiger partial charge < -0.3 is 10.5 Å². The fourth-order valence-electron chi connectivity index (χ4n) is 1.78. The van der Waals surface area contributed by atoms with Crippen molar-refractivity contribution in [2.45, 2.75) is 18.8 Å². The third-order valence-corrected chi connectivity index (χ3v) is 3.10. The van der Waals surface area contributed by atoms with E-state index in [-0.39, 0.29) is 12.2 Å². The van der Waals surface area contributed by atoms with Crippen LogP contribution < -0.4 is 10.5 Å². The third kappa shape index (κ3) is 4.37. The van der Waals surface area contributed by atoms with Gasteiger partial charge in [0.05, 0.1) is 0 Å². The van der Waals surface area contributed by atoms with Gasteiger partial charge in [0, 0.05) is 5.02 Å². The van der Waals surface area contributed by atoms with E-state index in [9.17, 15) is 13.2 Å². The van der Waals surface area contributed by atoms with E-state index in [0.717, 1.165) is 5.56 Å². The maximum Gasteiger partial charge on any atom is 0.407 e. The number of halogens is 4. The van der Waals surface area contributed by atoms with E-state index < -0.39 is 12.2 Å². The summed E-state index contributed by atoms with van der Waals surface area (Å²) in [5.74, 6) is 0.326. The molecule has 0 heterocycles. The molecule has 0 saturated heterocycles. The second kappa shape index (κ2) is 6.37. The molecule has 0 aliphatic rings. The standard InChI is InChI=1S/C15H13ClF3NO/c16-12-5-1-3-10(7-12)9-21-13-6-2-4-11(8-13)14(20)15(17,18)19/h1-8,14H,9,20H2. The van der Waals surface area contributed by atoms with Gasteiger partial charge in [-0.3, -0.25) is 0 Å². The normalized spacial score (nSPS) is 13.0. The van der Waals surface area contributed by atoms with Gasteiger partial charge in [-0.2, -0.15) is 13.2 Å². The van der Waals surface area contributed by atoms with Crippen molar-refractivity contribution in [1.82, 2.24) is 0 Å². The summed E-state index contributed by atoms with van der Waals surface area (Å²) < 4.78 is 43.2. The minimum absolute atomic E-state index is 0.0360. The van der Waals surface area contributed by atoms with Gasteiger partial charge >= 0.3 is 6.18 Å². The molecule has 0 aliphatic heterocycles. The van der Waals surface area contributed by atoms with Crippen molar-refractivity contribution in [2.75, 3.05) is 0 Å². The van der Waals surface area contributed by atoms with Crippen LogP contribution in [0.3, 0.4) is 0 Å². The zero-order valence-electron chi connectivity index (χ0n) is 10.9. The summed E-state index contributed by atoms with van der Waals surface area (Å²) in [5.41, 5.74) is 5.96. The molecule has 0 spiro atoms. The highest BCUT2D eigenvalue weighted by molar-refractivity contribution is 6.30. The Labute approximate surface area is 125 Å². The SMILES string of the molecule is NC(c1cccc(OCc2cccc(Cl)c2)c1)C(F)(F)F. The molecular formula is C15H13ClF3NO. The summed E-state index contributed by atoms with van der Waals surface area (Å²) in [5, 5.41) is 0.573. The molecule has 2 N–H and O–H groups in total. The number of nitrogens with two attached hydrogens (primary N) is 1. The number of ether oxygens (including phenoxy) is 1. The zero-order valence-corrected chi connectivity index (χ0v) is 11.7. The van der Waals surface area contributed by atoms with Gasteiger partial charge in [-0.05, 0) is 35.4 Å². The second-order valence-electron chi connectivity index (χ2n) is 4.51. The highest BCUT2D eigenvalue weighted by Gasteiger charge is 2.37. The van der Waals surface area contributed by atoms with Gasteiger partial charge in [-0.15, -0.1) is 0 Å². The number of benzene rings is 2. The summed E-state index contributed by atoms with van der Waals surface area (Å²) >= 11 is 5.85. The number of rotatable bonds is 4. The van der Waals surface area contributed by atoms with Crippen LogP contribution in [0.5, 0.6) is 5.75 Å². The molecule has 0 saturated carbocycles. The average molecular weight is 316 g/mol. The van der Waals surface area contributed by atoms with Crippen LogP contribution in [0.1, 0.15) is 17.2 Å². The molecule has 2 aromatic rings. The molecule has 2 rings (SSSR count). The molecule has 2 aromatic carbocycles. The molecule has 0 fully saturated rings. The van der Waals surface area contributed by atoms with E-state index in [1.807, 2.05) is 6.07 Å². The number of hydrogen-bond donors (Lipinski definition) is 1. The van der Waals surface area contributed by atoms with Crippen molar-refractivity contribution in [1.29, 1.82) is 0 Å². The molecule has 0 aliphatic carbocycles. The molecule has 0 bridgehead atoms. The zero-order chi connectivity index (χ0) is 15.5. The van der Waals surface area contributed by atoms with Crippen molar-refractivity contribution < 1.29 is 17.9 Å². The van der Waals surface area contributed by atoms with Gasteiger partial charge in [0.1, 0.15) is 18.4 Å². The fraction of sp³-hybridized carbons (Fsp3) is 0.200. The van der Waals surface area contributed by atoms with Crippen molar-refractivity contribution >= 4 is 11.6 Å². The smallest absolute Gasteiger partial charge is 0.407 e. The van der Waals surface area contributed by atoms with Crippen molar-refractivity contribution in [2.24, 2.45) is 5.73 Å². The Morgan fingerprint density at radius 1 is 1.10 bits per heavy atom. The van der Waals surface area contributed by atoms with Crippen LogP contribution in [-0.4, -0.2) is 6.18 Å². The number of alkyl halides is 3. The maximum absolute atomic E-state index is 12.6. The molecule has 21 heavy (non-hydrogen) atoms. The first-order valence-corrected chi connectivity index (χ1v) is 6.53. The Morgan fingerprint density at radius 2 is 1.81 bits per heavy atom. The lowest BCUT2D eigenvalue weighted by Gasteiger charge is -2.16. The molecule has 112 valence electrons. The molecule has 1 atom stereocenters. The van der Waals surface area contributed by atoms with Crippen LogP contribution in [0.25, 0.3) is 0 Å². The van der Waals surface area contributed by atoms with Gasteiger partial charge in [-0.1, -0.05) is 35.9 Å². The lowest BCUT2D eigenvalue weighted by atomic mass is 10.1. The largest absolute Gasteiger partial charge is 0.489 e. The van der Waals surface area contributed by atoms with Crippen LogP contribution in [0.15, 0.2) is 48.5 Å². The van der Waals surface area contributed by atoms with E-state index in [0.29, 0.717) is 10.8 Å². The van der Waals surface area contributed by atoms with Crippen LogP contribution in [-0.2, 0) is 6.61 Å². The topological polar surface area (TPSA) is 35.2 Å². The summed E-state index contributed by atoms with van der Waals surface area (Å²) in [4.78, 5) is 0. The highest BCUT2D eigenvalue weighted by atomic mass is 35.5. The first kappa shape index (κ1) is 15.7. The Bertz CT molecular complexity index is 616. The van der Waals surface area contributed by atoms with Gasteiger partial charge in [-0.25, -0.2) is 0 Å². The molecular weight excluding hydrogens is 303 g/mol. The first-order valence-electron chi connectivity index (χ1n) is 6.16. The summed E-state index contributed by atoms with van der Waals surface area (Å²) in [6.45, 7) is 0.214. The first-order chi connectivity index (χ1) is 9.86. The van der Waals surface area contributed by atoms with Crippen molar-refractivity contribution in [3.05, 3.63) is 64.7 Å². The quantitative estimate of drug-likeness (QED) is 0.902. The molecule has 6 heteroatoms. The Morgan fingerprint density at radius 3 is 2.48 bits per heavy atom. The minimum atomic E-state index is -4.48. The van der Waals surface area contributed by atoms with Crippen molar-refractivity contribution in [3.8, 4) is 5.75 Å². The summed E-state index contributed by atoms with van der Waals surface area (Å²) in [6, 6.07) is 10.7. The molecule has 1 unspecified atom stereocenters. The Balaban J connectivity index is 2.08. The predicted octanol–water partition coefficient (Wildman–Crippen LogP) is 4.48. The van der Waals surface area contributed by atoms with E-state index >= 15 is 0 Å². The minimum Gasteiger partial charge on any atom is -0.489 e. The van der Waals surface area contributed by atoms with Crippen LogP contribution >= 0.6 is 11.6 Å². The monoisotopic (exact) mass is 315 g/mol. The van der Waals surface area contributed by atoms with Crippen molar-refractivity contribution in [3.63, 3.8) is 0 Å². The van der Waals surface area contributed by atoms with Gasteiger partial charge in [0.15, 0.2) is 0 Å². The van der Waals surface area contributed by atoms with E-state index in [4.69, 9.17) is 22.1 Å². The second-order valence-corrected chi connectivity index (χ2v) is 4.95. The van der Waals surface area contributed by atoms with Crippen LogP contribution in [0.4, 0.5) is 13.2 Å². The summed E-state index contributed by atoms with van der Waals surface area (Å²) in [6.07, 6.45) is -4.48. The average Bonchev–Trinajstić information content (AvgIpc) is 2.44. The van der Waals surface area contributed by atoms with Gasteiger partial charge in [0.2, 0.25) is 0 Å². The van der Waals surface area contributed by atoms with E-state index in [1.165, 1.54) is 18.2 Å². The predicted molar refractivity (Wildman–Crippen MR) is 75.2 cm³/mol. The van der Waals surface area contributed by atoms with Crippen LogP contribution in [0.2, 0.25) is 5.02 Å². The highest BCUT2D eigenvalue weighted by Crippen LogP contribution is 2.31. The third-order valence-electron chi connectivity index (χ3n) is 2.86. The Kier molecular flexibility index (Phi) is 4.75. The molecule has 0 radical (unpaired) electrons.